The molecule has 0 atom stereocenters. The number of hydrogen-bond acceptors (Lipinski definition) is 4. The van der Waals surface area contributed by atoms with E-state index in [2.05, 4.69) is 12.1 Å². The van der Waals surface area contributed by atoms with Crippen molar-refractivity contribution < 1.29 is 14.0 Å². The molecule has 2 aliphatic heterocycles. The summed E-state index contributed by atoms with van der Waals surface area (Å²) in [5.74, 6) is 1.55. The molecule has 0 spiro atoms. The molecule has 2 amide bonds. The van der Waals surface area contributed by atoms with E-state index in [1.54, 1.807) is 21.9 Å². The summed E-state index contributed by atoms with van der Waals surface area (Å²) in [6.45, 7) is 1.98. The van der Waals surface area contributed by atoms with Crippen LogP contribution in [0.25, 0.3) is 0 Å². The predicted octanol–water partition coefficient (Wildman–Crippen LogP) is 4.68. The van der Waals surface area contributed by atoms with Gasteiger partial charge in [-0.1, -0.05) is 24.3 Å². The SMILES string of the molecule is O=C(c1ccc(C2SCCCS2)cc1)N1CCCN(C(=O)c2ccccc2F)CC1. The van der Waals surface area contributed by atoms with Gasteiger partial charge in [-0.25, -0.2) is 4.39 Å². The molecule has 2 heterocycles. The molecule has 4 rings (SSSR count). The maximum Gasteiger partial charge on any atom is 0.256 e. The van der Waals surface area contributed by atoms with Crippen LogP contribution in [0.4, 0.5) is 4.39 Å². The highest BCUT2D eigenvalue weighted by atomic mass is 32.2. The standard InChI is InChI=1S/C23H25FN2O2S2/c24-20-6-2-1-5-19(20)22(28)26-12-3-11-25(13-14-26)21(27)17-7-9-18(10-8-17)23-29-15-4-16-30-23/h1-2,5-10,23H,3-4,11-16H2. The van der Waals surface area contributed by atoms with Crippen LogP contribution in [0.1, 0.15) is 43.7 Å². The first-order valence-corrected chi connectivity index (χ1v) is 12.4. The number of carbonyl (C=O) groups is 2. The Morgan fingerprint density at radius 3 is 2.10 bits per heavy atom. The molecule has 0 N–H and O–H groups in total. The van der Waals surface area contributed by atoms with Gasteiger partial charge < -0.3 is 9.80 Å². The van der Waals surface area contributed by atoms with E-state index < -0.39 is 5.82 Å². The third kappa shape index (κ3) is 4.83. The molecule has 2 aliphatic rings. The van der Waals surface area contributed by atoms with Crippen molar-refractivity contribution in [1.29, 1.82) is 0 Å². The number of rotatable bonds is 3. The van der Waals surface area contributed by atoms with E-state index in [-0.39, 0.29) is 17.4 Å². The fourth-order valence-corrected chi connectivity index (χ4v) is 6.67. The molecule has 0 radical (unpaired) electrons. The predicted molar refractivity (Wildman–Crippen MR) is 122 cm³/mol. The maximum atomic E-state index is 14.0. The van der Waals surface area contributed by atoms with Crippen LogP contribution >= 0.6 is 23.5 Å². The quantitative estimate of drug-likeness (QED) is 0.689. The molecular formula is C23H25FN2O2S2. The van der Waals surface area contributed by atoms with E-state index in [1.807, 2.05) is 35.7 Å². The largest absolute Gasteiger partial charge is 0.337 e. The third-order valence-corrected chi connectivity index (χ3v) is 8.45. The zero-order valence-electron chi connectivity index (χ0n) is 16.8. The van der Waals surface area contributed by atoms with E-state index >= 15 is 0 Å². The lowest BCUT2D eigenvalue weighted by Gasteiger charge is -2.23. The minimum atomic E-state index is -0.505. The number of nitrogens with zero attached hydrogens (tertiary/aromatic N) is 2. The van der Waals surface area contributed by atoms with E-state index in [0.29, 0.717) is 42.7 Å². The van der Waals surface area contributed by atoms with E-state index in [1.165, 1.54) is 35.6 Å². The average Bonchev–Trinajstić information content (AvgIpc) is 3.06. The molecule has 2 aromatic rings. The van der Waals surface area contributed by atoms with Crippen LogP contribution in [-0.2, 0) is 0 Å². The first kappa shape index (κ1) is 21.2. The Balaban J connectivity index is 1.38. The Hall–Kier alpha value is -1.99. The van der Waals surface area contributed by atoms with E-state index in [0.717, 1.165) is 0 Å². The monoisotopic (exact) mass is 444 g/mol. The summed E-state index contributed by atoms with van der Waals surface area (Å²) < 4.78 is 14.4. The number of halogens is 1. The summed E-state index contributed by atoms with van der Waals surface area (Å²) in [7, 11) is 0. The Kier molecular flexibility index (Phi) is 7.00. The molecule has 0 bridgehead atoms. The number of carbonyl (C=O) groups excluding carboxylic acids is 2. The fraction of sp³-hybridized carbons (Fsp3) is 0.391. The maximum absolute atomic E-state index is 14.0. The summed E-state index contributed by atoms with van der Waals surface area (Å²) in [5, 5.41) is 0. The van der Waals surface area contributed by atoms with E-state index in [4.69, 9.17) is 0 Å². The second kappa shape index (κ2) is 9.88. The summed E-state index contributed by atoms with van der Waals surface area (Å²) >= 11 is 3.93. The third-order valence-electron chi connectivity index (χ3n) is 5.43. The molecule has 0 aromatic heterocycles. The Bertz CT molecular complexity index is 900. The van der Waals surface area contributed by atoms with Crippen LogP contribution in [0.15, 0.2) is 48.5 Å². The van der Waals surface area contributed by atoms with Crippen molar-refractivity contribution in [2.75, 3.05) is 37.7 Å². The Labute approximate surface area is 185 Å². The summed E-state index contributed by atoms with van der Waals surface area (Å²) in [5.41, 5.74) is 2.03. The van der Waals surface area contributed by atoms with Gasteiger partial charge in [0.1, 0.15) is 5.82 Å². The van der Waals surface area contributed by atoms with Gasteiger partial charge in [0.25, 0.3) is 11.8 Å². The lowest BCUT2D eigenvalue weighted by molar-refractivity contribution is 0.0716. The number of hydrogen-bond donors (Lipinski definition) is 0. The van der Waals surface area contributed by atoms with Crippen molar-refractivity contribution in [1.82, 2.24) is 9.80 Å². The van der Waals surface area contributed by atoms with Gasteiger partial charge in [-0.3, -0.25) is 9.59 Å². The minimum absolute atomic E-state index is 0.00862. The molecule has 0 unspecified atom stereocenters. The highest BCUT2D eigenvalue weighted by molar-refractivity contribution is 8.16. The Morgan fingerprint density at radius 1 is 0.800 bits per heavy atom. The van der Waals surface area contributed by atoms with Crippen molar-refractivity contribution in [2.24, 2.45) is 0 Å². The van der Waals surface area contributed by atoms with Gasteiger partial charge in [-0.15, -0.1) is 23.5 Å². The van der Waals surface area contributed by atoms with Gasteiger partial charge in [0.2, 0.25) is 0 Å². The first-order chi connectivity index (χ1) is 14.6. The van der Waals surface area contributed by atoms with Gasteiger partial charge in [0, 0.05) is 31.7 Å². The first-order valence-electron chi connectivity index (χ1n) is 10.3. The van der Waals surface area contributed by atoms with Crippen molar-refractivity contribution in [3.05, 3.63) is 71.0 Å². The molecule has 158 valence electrons. The van der Waals surface area contributed by atoms with Gasteiger partial charge >= 0.3 is 0 Å². The second-order valence-electron chi connectivity index (χ2n) is 7.47. The lowest BCUT2D eigenvalue weighted by atomic mass is 10.1. The molecule has 7 heteroatoms. The van der Waals surface area contributed by atoms with Crippen LogP contribution < -0.4 is 0 Å². The van der Waals surface area contributed by atoms with Crippen LogP contribution in [-0.4, -0.2) is 59.3 Å². The van der Waals surface area contributed by atoms with Crippen molar-refractivity contribution >= 4 is 35.3 Å². The normalized spacial score (nSPS) is 18.2. The zero-order valence-corrected chi connectivity index (χ0v) is 18.4. The molecule has 4 nitrogen and oxygen atoms in total. The van der Waals surface area contributed by atoms with Gasteiger partial charge in [-0.05, 0) is 54.2 Å². The number of amides is 2. The van der Waals surface area contributed by atoms with Crippen LogP contribution in [0.5, 0.6) is 0 Å². The van der Waals surface area contributed by atoms with Gasteiger partial charge in [-0.2, -0.15) is 0 Å². The summed E-state index contributed by atoms with van der Waals surface area (Å²) in [6.07, 6.45) is 1.94. The second-order valence-corrected chi connectivity index (χ2v) is 10.2. The molecule has 2 fully saturated rings. The topological polar surface area (TPSA) is 40.6 Å². The number of benzene rings is 2. The van der Waals surface area contributed by atoms with Crippen molar-refractivity contribution in [3.63, 3.8) is 0 Å². The highest BCUT2D eigenvalue weighted by Crippen LogP contribution is 2.43. The minimum Gasteiger partial charge on any atom is -0.337 e. The van der Waals surface area contributed by atoms with Crippen molar-refractivity contribution in [2.45, 2.75) is 17.4 Å². The molecular weight excluding hydrogens is 419 g/mol. The highest BCUT2D eigenvalue weighted by Gasteiger charge is 2.25. The summed E-state index contributed by atoms with van der Waals surface area (Å²) in [4.78, 5) is 29.1. The van der Waals surface area contributed by atoms with Crippen molar-refractivity contribution in [3.8, 4) is 0 Å². The van der Waals surface area contributed by atoms with Crippen LogP contribution in [0, 0.1) is 5.82 Å². The van der Waals surface area contributed by atoms with Gasteiger partial charge in [0.05, 0.1) is 10.1 Å². The molecule has 0 aliphatic carbocycles. The van der Waals surface area contributed by atoms with Crippen LogP contribution in [0.2, 0.25) is 0 Å². The smallest absolute Gasteiger partial charge is 0.256 e. The molecule has 2 saturated heterocycles. The lowest BCUT2D eigenvalue weighted by Crippen LogP contribution is -2.37. The fourth-order valence-electron chi connectivity index (χ4n) is 3.77. The number of thioether (sulfide) groups is 2. The van der Waals surface area contributed by atoms with Crippen LogP contribution in [0.3, 0.4) is 0 Å². The summed E-state index contributed by atoms with van der Waals surface area (Å²) in [6, 6.07) is 14.0. The average molecular weight is 445 g/mol. The Morgan fingerprint density at radius 2 is 1.43 bits per heavy atom. The zero-order chi connectivity index (χ0) is 20.9. The molecule has 0 saturated carbocycles. The van der Waals surface area contributed by atoms with E-state index in [9.17, 15) is 14.0 Å². The van der Waals surface area contributed by atoms with Gasteiger partial charge in [0.15, 0.2) is 0 Å². The molecule has 30 heavy (non-hydrogen) atoms. The molecule has 2 aromatic carbocycles.